The normalized spacial score (nSPS) is 11.9. The molecule has 0 aliphatic rings. The summed E-state index contributed by atoms with van der Waals surface area (Å²) in [4.78, 5) is 41.7. The summed E-state index contributed by atoms with van der Waals surface area (Å²) in [5.74, 6) is 1.59. The molecule has 0 aromatic rings. The Morgan fingerprint density at radius 3 is 1.22 bits per heavy atom. The number of nitrogens with zero attached hydrogens (tertiary/aromatic N) is 2. The van der Waals surface area contributed by atoms with E-state index in [0.717, 1.165) is 115 Å². The van der Waals surface area contributed by atoms with E-state index < -0.39 is 0 Å². The molecule has 7 nitrogen and oxygen atoms in total. The van der Waals surface area contributed by atoms with Crippen LogP contribution in [-0.4, -0.2) is 74.6 Å². The fraction of sp³-hybridized carbons (Fsp3) is 0.854. The van der Waals surface area contributed by atoms with Crippen LogP contribution >= 0.6 is 0 Å². The Labute approximate surface area is 341 Å². The predicted molar refractivity (Wildman–Crippen MR) is 234 cm³/mol. The van der Waals surface area contributed by atoms with Crippen molar-refractivity contribution in [2.45, 2.75) is 207 Å². The SMILES string of the molecule is CCCCC(CC=CCOC(=O)CCCCCCCN(CCCCCCCC(=O)OCC=CCC(CCCC)CCCC)C(=O)CCCN(C)C)CCCC. The molecule has 1 amide bonds. The second-order valence-electron chi connectivity index (χ2n) is 16.4. The second kappa shape index (κ2) is 40.1. The average molecular weight is 775 g/mol. The van der Waals surface area contributed by atoms with Crippen molar-refractivity contribution in [3.05, 3.63) is 24.3 Å². The Morgan fingerprint density at radius 1 is 0.455 bits per heavy atom. The molecule has 0 rings (SSSR count). The van der Waals surface area contributed by atoms with Crippen LogP contribution in [0.4, 0.5) is 0 Å². The third kappa shape index (κ3) is 36.0. The first-order valence-electron chi connectivity index (χ1n) is 23.3. The zero-order valence-electron chi connectivity index (χ0n) is 37.2. The number of rotatable bonds is 40. The second-order valence-corrected chi connectivity index (χ2v) is 16.4. The maximum Gasteiger partial charge on any atom is 0.306 e. The summed E-state index contributed by atoms with van der Waals surface area (Å²) in [6, 6.07) is 0. The van der Waals surface area contributed by atoms with Gasteiger partial charge in [0, 0.05) is 32.4 Å². The fourth-order valence-electron chi connectivity index (χ4n) is 7.14. The van der Waals surface area contributed by atoms with Crippen LogP contribution in [-0.2, 0) is 23.9 Å². The number of carbonyl (C=O) groups is 3. The van der Waals surface area contributed by atoms with E-state index in [0.29, 0.717) is 32.5 Å². The lowest BCUT2D eigenvalue weighted by molar-refractivity contribution is -0.143. The molecule has 0 fully saturated rings. The number of amides is 1. The first kappa shape index (κ1) is 52.9. The van der Waals surface area contributed by atoms with Gasteiger partial charge in [-0.15, -0.1) is 0 Å². The highest BCUT2D eigenvalue weighted by Gasteiger charge is 2.13. The number of allylic oxidation sites excluding steroid dienone is 2. The van der Waals surface area contributed by atoms with Crippen LogP contribution in [0.1, 0.15) is 207 Å². The van der Waals surface area contributed by atoms with E-state index >= 15 is 0 Å². The Morgan fingerprint density at radius 2 is 0.836 bits per heavy atom. The van der Waals surface area contributed by atoms with Gasteiger partial charge in [0.25, 0.3) is 0 Å². The molecule has 0 aliphatic heterocycles. The minimum absolute atomic E-state index is 0.0977. The van der Waals surface area contributed by atoms with Gasteiger partial charge in [-0.05, 0) is 77.4 Å². The summed E-state index contributed by atoms with van der Waals surface area (Å²) in [5, 5.41) is 0. The molecule has 0 unspecified atom stereocenters. The van der Waals surface area contributed by atoms with E-state index in [1.165, 1.54) is 77.0 Å². The molecule has 322 valence electrons. The quantitative estimate of drug-likeness (QED) is 0.0350. The van der Waals surface area contributed by atoms with Gasteiger partial charge < -0.3 is 19.3 Å². The van der Waals surface area contributed by atoms with Gasteiger partial charge in [-0.1, -0.05) is 168 Å². The molecule has 0 heterocycles. The van der Waals surface area contributed by atoms with Crippen LogP contribution in [0, 0.1) is 11.8 Å². The summed E-state index contributed by atoms with van der Waals surface area (Å²) in [6.45, 7) is 12.3. The largest absolute Gasteiger partial charge is 0.461 e. The first-order chi connectivity index (χ1) is 26.8. The molecule has 0 saturated heterocycles. The van der Waals surface area contributed by atoms with Gasteiger partial charge >= 0.3 is 11.9 Å². The number of ether oxygens (including phenoxy) is 2. The molecule has 0 radical (unpaired) electrons. The zero-order chi connectivity index (χ0) is 40.6. The molecular weight excluding hydrogens is 685 g/mol. The lowest BCUT2D eigenvalue weighted by atomic mass is 9.93. The molecule has 0 N–H and O–H groups in total. The highest BCUT2D eigenvalue weighted by atomic mass is 16.5. The Kier molecular flexibility index (Phi) is 38.5. The fourth-order valence-corrected chi connectivity index (χ4v) is 7.14. The monoisotopic (exact) mass is 775 g/mol. The molecule has 0 aromatic carbocycles. The highest BCUT2D eigenvalue weighted by Crippen LogP contribution is 2.21. The van der Waals surface area contributed by atoms with Crippen LogP contribution in [0.3, 0.4) is 0 Å². The Bertz CT molecular complexity index is 871. The lowest BCUT2D eigenvalue weighted by Gasteiger charge is -2.23. The van der Waals surface area contributed by atoms with Crippen molar-refractivity contribution in [2.24, 2.45) is 11.8 Å². The number of hydrogen-bond acceptors (Lipinski definition) is 6. The van der Waals surface area contributed by atoms with E-state index in [4.69, 9.17) is 9.47 Å². The molecule has 55 heavy (non-hydrogen) atoms. The van der Waals surface area contributed by atoms with E-state index in [1.807, 2.05) is 12.2 Å². The summed E-state index contributed by atoms with van der Waals surface area (Å²) < 4.78 is 10.9. The lowest BCUT2D eigenvalue weighted by Crippen LogP contribution is -2.33. The van der Waals surface area contributed by atoms with Gasteiger partial charge in [0.05, 0.1) is 0 Å². The third-order valence-electron chi connectivity index (χ3n) is 10.8. The topological polar surface area (TPSA) is 76.1 Å². The summed E-state index contributed by atoms with van der Waals surface area (Å²) >= 11 is 0. The van der Waals surface area contributed by atoms with Gasteiger partial charge in [-0.25, -0.2) is 0 Å². The van der Waals surface area contributed by atoms with Crippen LogP contribution in [0.25, 0.3) is 0 Å². The van der Waals surface area contributed by atoms with Gasteiger partial charge in [-0.2, -0.15) is 0 Å². The Hall–Kier alpha value is -2.15. The Balaban J connectivity index is 4.25. The number of carbonyl (C=O) groups excluding carboxylic acids is 3. The average Bonchev–Trinajstić information content (AvgIpc) is 3.17. The molecule has 0 bridgehead atoms. The molecule has 0 saturated carbocycles. The van der Waals surface area contributed by atoms with E-state index in [1.54, 1.807) is 0 Å². The highest BCUT2D eigenvalue weighted by molar-refractivity contribution is 5.76. The van der Waals surface area contributed by atoms with Crippen LogP contribution in [0.2, 0.25) is 0 Å². The maximum atomic E-state index is 13.1. The number of hydrogen-bond donors (Lipinski definition) is 0. The minimum atomic E-state index is -0.0977. The number of unbranched alkanes of at least 4 members (excludes halogenated alkanes) is 12. The van der Waals surface area contributed by atoms with Crippen molar-refractivity contribution in [3.63, 3.8) is 0 Å². The number of esters is 2. The van der Waals surface area contributed by atoms with Crippen LogP contribution in [0.15, 0.2) is 24.3 Å². The van der Waals surface area contributed by atoms with Crippen LogP contribution in [0.5, 0.6) is 0 Å². The molecule has 0 atom stereocenters. The smallest absolute Gasteiger partial charge is 0.306 e. The standard InChI is InChI=1S/C48H90N2O5/c1-7-11-30-44(31-12-8-2)34-23-27-42-54-47(52)37-21-17-15-19-25-40-50(46(51)36-29-39-49(5)6)41-26-20-16-18-22-38-48(53)55-43-28-24-35-45(32-13-9-3)33-14-10-4/h23-24,27-28,44-45H,7-22,25-26,29-43H2,1-6H3. The van der Waals surface area contributed by atoms with Gasteiger partial charge in [0.2, 0.25) is 5.91 Å². The molecule has 0 spiro atoms. The maximum absolute atomic E-state index is 13.1. The van der Waals surface area contributed by atoms with Crippen molar-refractivity contribution in [3.8, 4) is 0 Å². The first-order valence-corrected chi connectivity index (χ1v) is 23.3. The van der Waals surface area contributed by atoms with Gasteiger partial charge in [0.1, 0.15) is 13.2 Å². The summed E-state index contributed by atoms with van der Waals surface area (Å²) in [6.07, 6.45) is 38.5. The summed E-state index contributed by atoms with van der Waals surface area (Å²) in [7, 11) is 4.10. The minimum Gasteiger partial charge on any atom is -0.461 e. The van der Waals surface area contributed by atoms with Crippen molar-refractivity contribution >= 4 is 17.8 Å². The van der Waals surface area contributed by atoms with Gasteiger partial charge in [0.15, 0.2) is 0 Å². The van der Waals surface area contributed by atoms with Crippen LogP contribution < -0.4 is 0 Å². The zero-order valence-corrected chi connectivity index (χ0v) is 37.2. The van der Waals surface area contributed by atoms with E-state index in [2.05, 4.69) is 63.7 Å². The molecule has 7 heteroatoms. The van der Waals surface area contributed by atoms with Crippen molar-refractivity contribution in [1.82, 2.24) is 9.80 Å². The van der Waals surface area contributed by atoms with E-state index in [9.17, 15) is 14.4 Å². The molecule has 0 aromatic heterocycles. The third-order valence-corrected chi connectivity index (χ3v) is 10.8. The van der Waals surface area contributed by atoms with Crippen molar-refractivity contribution in [1.29, 1.82) is 0 Å². The van der Waals surface area contributed by atoms with Crippen molar-refractivity contribution < 1.29 is 23.9 Å². The summed E-state index contributed by atoms with van der Waals surface area (Å²) in [5.41, 5.74) is 0. The van der Waals surface area contributed by atoms with E-state index in [-0.39, 0.29) is 17.8 Å². The predicted octanol–water partition coefficient (Wildman–Crippen LogP) is 12.8. The molecular formula is C48H90N2O5. The van der Waals surface area contributed by atoms with Gasteiger partial charge in [-0.3, -0.25) is 14.4 Å². The molecule has 0 aliphatic carbocycles. The van der Waals surface area contributed by atoms with Crippen molar-refractivity contribution in [2.75, 3.05) is 46.9 Å².